The summed E-state index contributed by atoms with van der Waals surface area (Å²) in [5.74, 6) is 0.536. The SMILES string of the molecule is CCc1ccccc1NC(=O)Cc1nnc(SCC(=O)N[C@@H](C)c2ccccc2)n1C. The maximum atomic E-state index is 12.5. The number of anilines is 1. The molecular weight excluding hydrogens is 410 g/mol. The molecule has 0 radical (unpaired) electrons. The number of aromatic nitrogens is 3. The molecule has 0 saturated carbocycles. The van der Waals surface area contributed by atoms with E-state index in [1.54, 1.807) is 11.6 Å². The summed E-state index contributed by atoms with van der Waals surface area (Å²) in [6.45, 7) is 4.00. The molecule has 2 N–H and O–H groups in total. The molecule has 3 rings (SSSR count). The van der Waals surface area contributed by atoms with Gasteiger partial charge in [-0.15, -0.1) is 10.2 Å². The molecule has 0 bridgehead atoms. The molecule has 2 amide bonds. The molecule has 0 fully saturated rings. The highest BCUT2D eigenvalue weighted by Gasteiger charge is 2.16. The highest BCUT2D eigenvalue weighted by Crippen LogP contribution is 2.18. The highest BCUT2D eigenvalue weighted by molar-refractivity contribution is 7.99. The maximum Gasteiger partial charge on any atom is 0.232 e. The average molecular weight is 438 g/mol. The first-order valence-electron chi connectivity index (χ1n) is 10.2. The topological polar surface area (TPSA) is 88.9 Å². The van der Waals surface area contributed by atoms with Crippen molar-refractivity contribution in [1.29, 1.82) is 0 Å². The lowest BCUT2D eigenvalue weighted by atomic mass is 10.1. The molecule has 0 aliphatic heterocycles. The van der Waals surface area contributed by atoms with Crippen molar-refractivity contribution in [1.82, 2.24) is 20.1 Å². The second kappa shape index (κ2) is 10.8. The number of amides is 2. The Balaban J connectivity index is 1.52. The molecule has 8 heteroatoms. The van der Waals surface area contributed by atoms with E-state index in [-0.39, 0.29) is 30.0 Å². The third-order valence-corrected chi connectivity index (χ3v) is 5.95. The van der Waals surface area contributed by atoms with Gasteiger partial charge in [-0.05, 0) is 30.5 Å². The molecule has 1 atom stereocenters. The van der Waals surface area contributed by atoms with Crippen LogP contribution in [0.4, 0.5) is 5.69 Å². The normalized spacial score (nSPS) is 11.7. The minimum absolute atomic E-state index is 0.0703. The first kappa shape index (κ1) is 22.6. The van der Waals surface area contributed by atoms with Crippen molar-refractivity contribution < 1.29 is 9.59 Å². The van der Waals surface area contributed by atoms with Crippen LogP contribution in [0.25, 0.3) is 0 Å². The van der Waals surface area contributed by atoms with Gasteiger partial charge >= 0.3 is 0 Å². The van der Waals surface area contributed by atoms with Gasteiger partial charge in [-0.3, -0.25) is 9.59 Å². The number of para-hydroxylation sites is 1. The van der Waals surface area contributed by atoms with Gasteiger partial charge in [-0.1, -0.05) is 67.2 Å². The molecule has 1 aromatic heterocycles. The molecule has 31 heavy (non-hydrogen) atoms. The van der Waals surface area contributed by atoms with Crippen LogP contribution in [0.1, 0.15) is 36.8 Å². The number of hydrogen-bond donors (Lipinski definition) is 2. The first-order valence-corrected chi connectivity index (χ1v) is 11.2. The van der Waals surface area contributed by atoms with Gasteiger partial charge in [-0.25, -0.2) is 0 Å². The third-order valence-electron chi connectivity index (χ3n) is 4.93. The summed E-state index contributed by atoms with van der Waals surface area (Å²) in [4.78, 5) is 24.8. The summed E-state index contributed by atoms with van der Waals surface area (Å²) in [6, 6.07) is 17.5. The number of carbonyl (C=O) groups is 2. The summed E-state index contributed by atoms with van der Waals surface area (Å²) in [5.41, 5.74) is 2.95. The van der Waals surface area contributed by atoms with Crippen LogP contribution in [-0.4, -0.2) is 32.3 Å². The van der Waals surface area contributed by atoms with Gasteiger partial charge in [-0.2, -0.15) is 0 Å². The number of aryl methyl sites for hydroxylation is 1. The molecule has 162 valence electrons. The number of hydrogen-bond acceptors (Lipinski definition) is 5. The zero-order chi connectivity index (χ0) is 22.2. The Hall–Kier alpha value is -3.13. The predicted molar refractivity (Wildman–Crippen MR) is 123 cm³/mol. The predicted octanol–water partition coefficient (Wildman–Crippen LogP) is 3.53. The van der Waals surface area contributed by atoms with E-state index in [1.807, 2.05) is 68.4 Å². The minimum atomic E-state index is -0.151. The summed E-state index contributed by atoms with van der Waals surface area (Å²) in [5, 5.41) is 14.8. The molecule has 0 saturated heterocycles. The smallest absolute Gasteiger partial charge is 0.232 e. The van der Waals surface area contributed by atoms with Crippen molar-refractivity contribution in [3.8, 4) is 0 Å². The van der Waals surface area contributed by atoms with Crippen molar-refractivity contribution >= 4 is 29.3 Å². The van der Waals surface area contributed by atoms with E-state index in [4.69, 9.17) is 0 Å². The van der Waals surface area contributed by atoms with E-state index in [0.717, 1.165) is 23.2 Å². The average Bonchev–Trinajstić information content (AvgIpc) is 3.12. The molecule has 0 aliphatic rings. The number of rotatable bonds is 9. The van der Waals surface area contributed by atoms with Crippen LogP contribution < -0.4 is 10.6 Å². The van der Waals surface area contributed by atoms with E-state index >= 15 is 0 Å². The van der Waals surface area contributed by atoms with Gasteiger partial charge in [0.05, 0.1) is 18.2 Å². The lowest BCUT2D eigenvalue weighted by Gasteiger charge is -2.14. The van der Waals surface area contributed by atoms with E-state index in [9.17, 15) is 9.59 Å². The van der Waals surface area contributed by atoms with Crippen LogP contribution in [0.5, 0.6) is 0 Å². The van der Waals surface area contributed by atoms with Gasteiger partial charge in [0.15, 0.2) is 5.16 Å². The monoisotopic (exact) mass is 437 g/mol. The molecule has 0 unspecified atom stereocenters. The largest absolute Gasteiger partial charge is 0.349 e. The molecule has 7 nitrogen and oxygen atoms in total. The van der Waals surface area contributed by atoms with Crippen molar-refractivity contribution in [2.75, 3.05) is 11.1 Å². The van der Waals surface area contributed by atoms with E-state index < -0.39 is 0 Å². The van der Waals surface area contributed by atoms with E-state index in [0.29, 0.717) is 11.0 Å². The fraction of sp³-hybridized carbons (Fsp3) is 0.304. The third kappa shape index (κ3) is 6.18. The Morgan fingerprint density at radius 1 is 1.03 bits per heavy atom. The Labute approximate surface area is 186 Å². The van der Waals surface area contributed by atoms with Crippen molar-refractivity contribution in [3.05, 3.63) is 71.5 Å². The second-order valence-corrected chi connectivity index (χ2v) is 8.12. The molecular formula is C23H27N5O2S. The lowest BCUT2D eigenvalue weighted by molar-refractivity contribution is -0.119. The van der Waals surface area contributed by atoms with Gasteiger partial charge in [0.1, 0.15) is 5.82 Å². The van der Waals surface area contributed by atoms with Crippen LogP contribution in [0.3, 0.4) is 0 Å². The lowest BCUT2D eigenvalue weighted by Crippen LogP contribution is -2.28. The Bertz CT molecular complexity index is 1040. The Morgan fingerprint density at radius 3 is 2.48 bits per heavy atom. The first-order chi connectivity index (χ1) is 15.0. The van der Waals surface area contributed by atoms with Gasteiger partial charge < -0.3 is 15.2 Å². The standard InChI is InChI=1S/C23H27N5O2S/c1-4-17-10-8-9-13-19(17)25-21(29)14-20-26-27-23(28(20)3)31-15-22(30)24-16(2)18-11-6-5-7-12-18/h5-13,16H,4,14-15H2,1-3H3,(H,24,30)(H,25,29)/t16-/m0/s1. The van der Waals surface area contributed by atoms with Crippen molar-refractivity contribution in [2.45, 2.75) is 37.9 Å². The number of carbonyl (C=O) groups excluding carboxylic acids is 2. The quantitative estimate of drug-likeness (QED) is 0.500. The Morgan fingerprint density at radius 2 is 1.74 bits per heavy atom. The van der Waals surface area contributed by atoms with E-state index in [2.05, 4.69) is 20.8 Å². The van der Waals surface area contributed by atoms with Crippen LogP contribution in [-0.2, 0) is 29.5 Å². The van der Waals surface area contributed by atoms with Gasteiger partial charge in [0.25, 0.3) is 0 Å². The molecule has 0 aliphatic carbocycles. The summed E-state index contributed by atoms with van der Waals surface area (Å²) >= 11 is 1.30. The summed E-state index contributed by atoms with van der Waals surface area (Å²) < 4.78 is 1.75. The molecule has 2 aromatic carbocycles. The molecule has 0 spiro atoms. The zero-order valence-corrected chi connectivity index (χ0v) is 18.8. The molecule has 3 aromatic rings. The zero-order valence-electron chi connectivity index (χ0n) is 18.0. The van der Waals surface area contributed by atoms with Crippen LogP contribution in [0, 0.1) is 0 Å². The Kier molecular flexibility index (Phi) is 7.83. The second-order valence-electron chi connectivity index (χ2n) is 7.18. The van der Waals surface area contributed by atoms with Gasteiger partial charge in [0.2, 0.25) is 11.8 Å². The van der Waals surface area contributed by atoms with Crippen LogP contribution in [0.15, 0.2) is 59.8 Å². The maximum absolute atomic E-state index is 12.5. The fourth-order valence-corrected chi connectivity index (χ4v) is 3.89. The number of benzene rings is 2. The number of nitrogens with zero attached hydrogens (tertiary/aromatic N) is 3. The highest BCUT2D eigenvalue weighted by atomic mass is 32.2. The number of nitrogens with one attached hydrogen (secondary N) is 2. The van der Waals surface area contributed by atoms with Crippen molar-refractivity contribution in [2.24, 2.45) is 7.05 Å². The summed E-state index contributed by atoms with van der Waals surface area (Å²) in [7, 11) is 1.80. The minimum Gasteiger partial charge on any atom is -0.349 e. The fourth-order valence-electron chi connectivity index (χ4n) is 3.15. The van der Waals surface area contributed by atoms with Gasteiger partial charge in [0, 0.05) is 12.7 Å². The molecule has 1 heterocycles. The number of thioether (sulfide) groups is 1. The van der Waals surface area contributed by atoms with Crippen LogP contribution in [0.2, 0.25) is 0 Å². The van der Waals surface area contributed by atoms with E-state index in [1.165, 1.54) is 11.8 Å². The van der Waals surface area contributed by atoms with Crippen molar-refractivity contribution in [3.63, 3.8) is 0 Å². The van der Waals surface area contributed by atoms with Crippen LogP contribution >= 0.6 is 11.8 Å². The summed E-state index contributed by atoms with van der Waals surface area (Å²) in [6.07, 6.45) is 0.950.